The highest BCUT2D eigenvalue weighted by Crippen LogP contribution is 2.34. The Morgan fingerprint density at radius 3 is 2.63 bits per heavy atom. The Morgan fingerprint density at radius 1 is 1.04 bits per heavy atom. The van der Waals surface area contributed by atoms with Crippen LogP contribution in [0.4, 0.5) is 23.1 Å². The molecule has 3 heterocycles. The lowest BCUT2D eigenvalue weighted by Gasteiger charge is -2.19. The monoisotopic (exact) mass is 363 g/mol. The topological polar surface area (TPSA) is 72.4 Å². The van der Waals surface area contributed by atoms with Gasteiger partial charge in [-0.15, -0.1) is 0 Å². The Morgan fingerprint density at radius 2 is 1.93 bits per heavy atom. The Labute approximate surface area is 158 Å². The standard InChI is InChI=1S/C20H21N5O2/c1-13-10-16(26-2)5-6-17(13)23-20-22-11-14-8-9-25(19(14)24-20)15-4-7-18(27-3)21-12-15/h4-7,10-12H,8-9H2,1-3H3,(H,22,23,24). The van der Waals surface area contributed by atoms with Crippen LogP contribution in [0.25, 0.3) is 0 Å². The van der Waals surface area contributed by atoms with Crippen LogP contribution in [0.5, 0.6) is 11.6 Å². The van der Waals surface area contributed by atoms with E-state index in [1.54, 1.807) is 20.4 Å². The lowest BCUT2D eigenvalue weighted by molar-refractivity contribution is 0.398. The fourth-order valence-corrected chi connectivity index (χ4v) is 3.13. The molecule has 3 aromatic rings. The van der Waals surface area contributed by atoms with Crippen LogP contribution in [-0.4, -0.2) is 35.7 Å². The first kappa shape index (κ1) is 17.1. The third-order valence-electron chi connectivity index (χ3n) is 4.62. The van der Waals surface area contributed by atoms with E-state index < -0.39 is 0 Å². The second kappa shape index (κ2) is 7.11. The molecule has 0 fully saturated rings. The molecule has 1 aliphatic heterocycles. The van der Waals surface area contributed by atoms with Gasteiger partial charge in [0, 0.05) is 30.1 Å². The minimum absolute atomic E-state index is 0.565. The van der Waals surface area contributed by atoms with Gasteiger partial charge in [-0.1, -0.05) is 0 Å². The number of nitrogens with zero attached hydrogens (tertiary/aromatic N) is 4. The summed E-state index contributed by atoms with van der Waals surface area (Å²) in [5.41, 5.74) is 4.13. The van der Waals surface area contributed by atoms with Gasteiger partial charge >= 0.3 is 0 Å². The van der Waals surface area contributed by atoms with E-state index in [0.717, 1.165) is 47.0 Å². The maximum Gasteiger partial charge on any atom is 0.229 e. The van der Waals surface area contributed by atoms with Crippen molar-refractivity contribution in [3.8, 4) is 11.6 Å². The summed E-state index contributed by atoms with van der Waals surface area (Å²) in [6.07, 6.45) is 4.60. The van der Waals surface area contributed by atoms with E-state index in [4.69, 9.17) is 14.5 Å². The number of aryl methyl sites for hydroxylation is 1. The third kappa shape index (κ3) is 3.36. The quantitative estimate of drug-likeness (QED) is 0.742. The zero-order valence-corrected chi connectivity index (χ0v) is 15.6. The van der Waals surface area contributed by atoms with E-state index in [1.807, 2.05) is 43.5 Å². The van der Waals surface area contributed by atoms with E-state index in [9.17, 15) is 0 Å². The summed E-state index contributed by atoms with van der Waals surface area (Å²) in [6, 6.07) is 9.71. The third-order valence-corrected chi connectivity index (χ3v) is 4.62. The smallest absolute Gasteiger partial charge is 0.229 e. The van der Waals surface area contributed by atoms with Crippen molar-refractivity contribution in [2.24, 2.45) is 0 Å². The molecule has 0 unspecified atom stereocenters. The van der Waals surface area contributed by atoms with Crippen molar-refractivity contribution in [2.45, 2.75) is 13.3 Å². The number of aromatic nitrogens is 3. The van der Waals surface area contributed by atoms with E-state index in [2.05, 4.69) is 20.2 Å². The summed E-state index contributed by atoms with van der Waals surface area (Å²) >= 11 is 0. The highest BCUT2D eigenvalue weighted by atomic mass is 16.5. The molecular weight excluding hydrogens is 342 g/mol. The van der Waals surface area contributed by atoms with Gasteiger partial charge in [-0.3, -0.25) is 0 Å². The molecule has 138 valence electrons. The summed E-state index contributed by atoms with van der Waals surface area (Å²) in [7, 11) is 3.27. The zero-order chi connectivity index (χ0) is 18.8. The van der Waals surface area contributed by atoms with E-state index in [0.29, 0.717) is 11.8 Å². The molecule has 27 heavy (non-hydrogen) atoms. The summed E-state index contributed by atoms with van der Waals surface area (Å²) in [6.45, 7) is 2.87. The van der Waals surface area contributed by atoms with Gasteiger partial charge in [-0.2, -0.15) is 4.98 Å². The number of pyridine rings is 1. The predicted molar refractivity (Wildman–Crippen MR) is 105 cm³/mol. The summed E-state index contributed by atoms with van der Waals surface area (Å²) < 4.78 is 10.4. The number of fused-ring (bicyclic) bond motifs is 1. The molecule has 0 spiro atoms. The average Bonchev–Trinajstić information content (AvgIpc) is 3.13. The van der Waals surface area contributed by atoms with Crippen molar-refractivity contribution in [3.63, 3.8) is 0 Å². The molecule has 2 aromatic heterocycles. The van der Waals surface area contributed by atoms with Crippen LogP contribution in [0, 0.1) is 6.92 Å². The van der Waals surface area contributed by atoms with E-state index in [1.165, 1.54) is 0 Å². The summed E-state index contributed by atoms with van der Waals surface area (Å²) in [4.78, 5) is 15.7. The fourth-order valence-electron chi connectivity index (χ4n) is 3.13. The lowest BCUT2D eigenvalue weighted by atomic mass is 10.2. The Bertz CT molecular complexity index is 959. The molecule has 1 aromatic carbocycles. The van der Waals surface area contributed by atoms with Crippen LogP contribution in [0.15, 0.2) is 42.7 Å². The second-order valence-electron chi connectivity index (χ2n) is 6.31. The Balaban J connectivity index is 1.61. The van der Waals surface area contributed by atoms with Crippen molar-refractivity contribution in [3.05, 3.63) is 53.9 Å². The van der Waals surface area contributed by atoms with Gasteiger partial charge in [0.05, 0.1) is 26.1 Å². The molecule has 1 N–H and O–H groups in total. The molecule has 4 rings (SSSR count). The largest absolute Gasteiger partial charge is 0.497 e. The Kier molecular flexibility index (Phi) is 4.50. The molecule has 0 radical (unpaired) electrons. The average molecular weight is 363 g/mol. The molecular formula is C20H21N5O2. The normalized spacial score (nSPS) is 12.6. The van der Waals surface area contributed by atoms with Gasteiger partial charge in [-0.25, -0.2) is 9.97 Å². The summed E-state index contributed by atoms with van der Waals surface area (Å²) in [5, 5.41) is 3.30. The molecule has 0 saturated heterocycles. The number of anilines is 4. The highest BCUT2D eigenvalue weighted by molar-refractivity contribution is 5.68. The number of benzene rings is 1. The second-order valence-corrected chi connectivity index (χ2v) is 6.31. The first-order valence-corrected chi connectivity index (χ1v) is 8.73. The maximum atomic E-state index is 5.26. The molecule has 7 nitrogen and oxygen atoms in total. The van der Waals surface area contributed by atoms with E-state index in [-0.39, 0.29) is 0 Å². The molecule has 0 bridgehead atoms. The van der Waals surface area contributed by atoms with Crippen LogP contribution in [-0.2, 0) is 6.42 Å². The first-order valence-electron chi connectivity index (χ1n) is 8.73. The number of methoxy groups -OCH3 is 2. The minimum atomic E-state index is 0.565. The number of hydrogen-bond acceptors (Lipinski definition) is 7. The van der Waals surface area contributed by atoms with Gasteiger partial charge < -0.3 is 19.7 Å². The van der Waals surface area contributed by atoms with Crippen LogP contribution in [0.3, 0.4) is 0 Å². The van der Waals surface area contributed by atoms with E-state index >= 15 is 0 Å². The van der Waals surface area contributed by atoms with Gasteiger partial charge in [0.1, 0.15) is 11.6 Å². The zero-order valence-electron chi connectivity index (χ0n) is 15.6. The fraction of sp³-hybridized carbons (Fsp3) is 0.250. The first-order chi connectivity index (χ1) is 13.2. The van der Waals surface area contributed by atoms with Gasteiger partial charge in [0.2, 0.25) is 11.8 Å². The number of hydrogen-bond donors (Lipinski definition) is 1. The lowest BCUT2D eigenvalue weighted by Crippen LogP contribution is -2.15. The molecule has 1 aliphatic rings. The van der Waals surface area contributed by atoms with Crippen molar-refractivity contribution >= 4 is 23.1 Å². The molecule has 0 amide bonds. The number of nitrogens with one attached hydrogen (secondary N) is 1. The van der Waals surface area contributed by atoms with Crippen LogP contribution >= 0.6 is 0 Å². The Hall–Kier alpha value is -3.35. The van der Waals surface area contributed by atoms with Crippen molar-refractivity contribution in [2.75, 3.05) is 31.0 Å². The number of ether oxygens (including phenoxy) is 2. The number of rotatable bonds is 5. The van der Waals surface area contributed by atoms with Crippen molar-refractivity contribution < 1.29 is 9.47 Å². The molecule has 0 aliphatic carbocycles. The minimum Gasteiger partial charge on any atom is -0.497 e. The van der Waals surface area contributed by atoms with Crippen LogP contribution in [0.2, 0.25) is 0 Å². The van der Waals surface area contributed by atoms with Crippen molar-refractivity contribution in [1.29, 1.82) is 0 Å². The maximum absolute atomic E-state index is 5.26. The SMILES string of the molecule is COc1ccc(Nc2ncc3c(n2)N(c2ccc(OC)nc2)CC3)c(C)c1. The highest BCUT2D eigenvalue weighted by Gasteiger charge is 2.23. The van der Waals surface area contributed by atoms with Gasteiger partial charge in [-0.05, 0) is 43.2 Å². The van der Waals surface area contributed by atoms with Crippen LogP contribution in [0.1, 0.15) is 11.1 Å². The van der Waals surface area contributed by atoms with Gasteiger partial charge in [0.25, 0.3) is 0 Å². The summed E-state index contributed by atoms with van der Waals surface area (Å²) in [5.74, 6) is 2.89. The predicted octanol–water partition coefficient (Wildman–Crippen LogP) is 3.64. The van der Waals surface area contributed by atoms with Gasteiger partial charge in [0.15, 0.2) is 0 Å². The van der Waals surface area contributed by atoms with Crippen LogP contribution < -0.4 is 19.7 Å². The molecule has 0 atom stereocenters. The van der Waals surface area contributed by atoms with Crippen molar-refractivity contribution in [1.82, 2.24) is 15.0 Å². The molecule has 7 heteroatoms. The molecule has 0 saturated carbocycles.